The first kappa shape index (κ1) is 16.2. The number of esters is 2. The molecule has 0 rings (SSSR count). The van der Waals surface area contributed by atoms with Gasteiger partial charge in [-0.15, -0.1) is 11.6 Å². The van der Waals surface area contributed by atoms with E-state index in [4.69, 9.17) is 11.6 Å². The zero-order valence-corrected chi connectivity index (χ0v) is 9.46. The summed E-state index contributed by atoms with van der Waals surface area (Å²) < 4.78 is 8.59. The number of hydrogen-bond donors (Lipinski definition) is 0. The summed E-state index contributed by atoms with van der Waals surface area (Å²) in [6.07, 6.45) is 3.50. The molecule has 86 valence electrons. The molecule has 0 aromatic carbocycles. The van der Waals surface area contributed by atoms with Crippen LogP contribution < -0.4 is 0 Å². The lowest BCUT2D eigenvalue weighted by atomic mass is 10.3. The molecular weight excluding hydrogens is 220 g/mol. The van der Waals surface area contributed by atoms with Crippen LogP contribution in [-0.2, 0) is 19.1 Å². The van der Waals surface area contributed by atoms with Crippen LogP contribution in [0.1, 0.15) is 19.8 Å². The van der Waals surface area contributed by atoms with Crippen LogP contribution >= 0.6 is 11.6 Å². The van der Waals surface area contributed by atoms with Crippen LogP contribution in [0.4, 0.5) is 0 Å². The Balaban J connectivity index is 0. The number of carbonyl (C=O) groups is 2. The number of alkyl halides is 1. The zero-order valence-electron chi connectivity index (χ0n) is 8.70. The van der Waals surface area contributed by atoms with E-state index >= 15 is 0 Å². The summed E-state index contributed by atoms with van der Waals surface area (Å²) >= 11 is 5.01. The second kappa shape index (κ2) is 12.7. The summed E-state index contributed by atoms with van der Waals surface area (Å²) in [6, 6.07) is 0. The average Bonchev–Trinajstić information content (AvgIpc) is 2.20. The highest BCUT2D eigenvalue weighted by Crippen LogP contribution is 1.89. The summed E-state index contributed by atoms with van der Waals surface area (Å²) in [4.78, 5) is 20.3. The van der Waals surface area contributed by atoms with Crippen LogP contribution in [0.5, 0.6) is 0 Å². The largest absolute Gasteiger partial charge is 0.435 e. The van der Waals surface area contributed by atoms with E-state index in [1.165, 1.54) is 0 Å². The van der Waals surface area contributed by atoms with Gasteiger partial charge in [0.2, 0.25) is 0 Å². The quantitative estimate of drug-likeness (QED) is 0.416. The minimum atomic E-state index is -0.475. The minimum Gasteiger partial charge on any atom is -0.435 e. The van der Waals surface area contributed by atoms with Gasteiger partial charge in [-0.05, 0) is 6.42 Å². The van der Waals surface area contributed by atoms with Gasteiger partial charge < -0.3 is 9.47 Å². The van der Waals surface area contributed by atoms with Crippen LogP contribution in [0.2, 0.25) is 0 Å². The SMILES string of the molecule is C=COC(=O)CCC.C=COC(=O)CCl. The molecule has 0 saturated carbocycles. The molecule has 0 N–H and O–H groups in total. The molecule has 0 aliphatic heterocycles. The summed E-state index contributed by atoms with van der Waals surface area (Å²) in [5.41, 5.74) is 0. The first-order valence-corrected chi connectivity index (χ1v) is 4.82. The number of carbonyl (C=O) groups excluding carboxylic acids is 2. The van der Waals surface area contributed by atoms with Gasteiger partial charge in [0.1, 0.15) is 5.88 Å². The Kier molecular flexibility index (Phi) is 13.7. The number of hydrogen-bond acceptors (Lipinski definition) is 4. The Hall–Kier alpha value is -1.29. The van der Waals surface area contributed by atoms with E-state index in [0.29, 0.717) is 6.42 Å². The maximum atomic E-state index is 10.3. The molecule has 4 nitrogen and oxygen atoms in total. The van der Waals surface area contributed by atoms with Crippen LogP contribution in [-0.4, -0.2) is 17.8 Å². The maximum Gasteiger partial charge on any atom is 0.325 e. The molecule has 5 heteroatoms. The number of ether oxygens (including phenoxy) is 2. The van der Waals surface area contributed by atoms with E-state index in [1.54, 1.807) is 0 Å². The Bertz CT molecular complexity index is 213. The average molecular weight is 235 g/mol. The topological polar surface area (TPSA) is 52.6 Å². The van der Waals surface area contributed by atoms with Crippen molar-refractivity contribution in [3.05, 3.63) is 25.7 Å². The Labute approximate surface area is 94.5 Å². The highest BCUT2D eigenvalue weighted by atomic mass is 35.5. The van der Waals surface area contributed by atoms with E-state index in [-0.39, 0.29) is 11.8 Å². The van der Waals surface area contributed by atoms with E-state index < -0.39 is 5.97 Å². The summed E-state index contributed by atoms with van der Waals surface area (Å²) in [5.74, 6) is -0.800. The number of rotatable bonds is 5. The molecule has 0 amide bonds. The van der Waals surface area contributed by atoms with Crippen molar-refractivity contribution in [2.45, 2.75) is 19.8 Å². The monoisotopic (exact) mass is 234 g/mol. The van der Waals surface area contributed by atoms with E-state index in [0.717, 1.165) is 18.9 Å². The summed E-state index contributed by atoms with van der Waals surface area (Å²) in [5, 5.41) is 0. The van der Waals surface area contributed by atoms with Gasteiger partial charge in [0.15, 0.2) is 0 Å². The summed E-state index contributed by atoms with van der Waals surface area (Å²) in [6.45, 7) is 8.31. The maximum absolute atomic E-state index is 10.3. The zero-order chi connectivity index (χ0) is 12.1. The molecule has 0 spiro atoms. The van der Waals surface area contributed by atoms with Crippen molar-refractivity contribution in [1.82, 2.24) is 0 Å². The highest BCUT2D eigenvalue weighted by molar-refractivity contribution is 6.26. The molecule has 0 aliphatic carbocycles. The van der Waals surface area contributed by atoms with E-state index in [1.807, 2.05) is 6.92 Å². The molecule has 15 heavy (non-hydrogen) atoms. The lowest BCUT2D eigenvalue weighted by molar-refractivity contribution is -0.138. The van der Waals surface area contributed by atoms with Crippen molar-refractivity contribution in [3.63, 3.8) is 0 Å². The molecule has 0 heterocycles. The number of halogens is 1. The molecule has 0 atom stereocenters. The lowest BCUT2D eigenvalue weighted by Gasteiger charge is -1.92. The van der Waals surface area contributed by atoms with Crippen LogP contribution in [0, 0.1) is 0 Å². The van der Waals surface area contributed by atoms with Crippen molar-refractivity contribution in [3.8, 4) is 0 Å². The Morgan fingerprint density at radius 1 is 1.20 bits per heavy atom. The third kappa shape index (κ3) is 15.5. The fourth-order valence-electron chi connectivity index (χ4n) is 0.480. The fourth-order valence-corrected chi connectivity index (χ4v) is 0.543. The first-order chi connectivity index (χ1) is 7.12. The van der Waals surface area contributed by atoms with Gasteiger partial charge in [-0.2, -0.15) is 0 Å². The molecule has 0 radical (unpaired) electrons. The standard InChI is InChI=1S/C6H10O2.C4H5ClO2/c1-3-5-6(7)8-4-2;1-2-7-4(6)3-5/h4H,2-3,5H2,1H3;2H,1,3H2. The first-order valence-electron chi connectivity index (χ1n) is 4.29. The van der Waals surface area contributed by atoms with Crippen LogP contribution in [0.15, 0.2) is 25.7 Å². The van der Waals surface area contributed by atoms with Gasteiger partial charge in [0, 0.05) is 6.42 Å². The molecule has 0 aliphatic rings. The normalized spacial score (nSPS) is 7.87. The second-order valence-corrected chi connectivity index (χ2v) is 2.46. The van der Waals surface area contributed by atoms with Gasteiger partial charge >= 0.3 is 11.9 Å². The van der Waals surface area contributed by atoms with E-state index in [9.17, 15) is 9.59 Å². The molecule has 0 fully saturated rings. The van der Waals surface area contributed by atoms with Gasteiger partial charge in [-0.1, -0.05) is 20.1 Å². The molecule has 0 unspecified atom stereocenters. The van der Waals surface area contributed by atoms with Crippen LogP contribution in [0.25, 0.3) is 0 Å². The predicted molar refractivity (Wildman–Crippen MR) is 58.2 cm³/mol. The van der Waals surface area contributed by atoms with Gasteiger partial charge in [0.25, 0.3) is 0 Å². The minimum absolute atomic E-state index is 0.119. The highest BCUT2D eigenvalue weighted by Gasteiger charge is 1.94. The molecule has 0 bridgehead atoms. The Morgan fingerprint density at radius 3 is 1.93 bits per heavy atom. The second-order valence-electron chi connectivity index (χ2n) is 2.20. The molecule has 0 aromatic heterocycles. The fraction of sp³-hybridized carbons (Fsp3) is 0.400. The lowest BCUT2D eigenvalue weighted by Crippen LogP contribution is -1.98. The van der Waals surface area contributed by atoms with Gasteiger partial charge in [0.05, 0.1) is 12.5 Å². The van der Waals surface area contributed by atoms with Crippen molar-refractivity contribution in [2.24, 2.45) is 0 Å². The van der Waals surface area contributed by atoms with Crippen molar-refractivity contribution >= 4 is 23.5 Å². The van der Waals surface area contributed by atoms with Gasteiger partial charge in [-0.25, -0.2) is 0 Å². The van der Waals surface area contributed by atoms with Crippen molar-refractivity contribution < 1.29 is 19.1 Å². The van der Waals surface area contributed by atoms with E-state index in [2.05, 4.69) is 22.6 Å². The van der Waals surface area contributed by atoms with Crippen LogP contribution in [0.3, 0.4) is 0 Å². The van der Waals surface area contributed by atoms with Gasteiger partial charge in [-0.3, -0.25) is 9.59 Å². The Morgan fingerprint density at radius 2 is 1.67 bits per heavy atom. The van der Waals surface area contributed by atoms with Crippen molar-refractivity contribution in [1.29, 1.82) is 0 Å². The predicted octanol–water partition coefficient (Wildman–Crippen LogP) is 2.39. The smallest absolute Gasteiger partial charge is 0.325 e. The molecule has 0 aromatic rings. The molecule has 0 saturated heterocycles. The van der Waals surface area contributed by atoms with Crippen molar-refractivity contribution in [2.75, 3.05) is 5.88 Å². The molecular formula is C10H15ClO4. The third-order valence-corrected chi connectivity index (χ3v) is 1.21. The third-order valence-electron chi connectivity index (χ3n) is 0.993. The summed E-state index contributed by atoms with van der Waals surface area (Å²) in [7, 11) is 0.